The van der Waals surface area contributed by atoms with E-state index < -0.39 is 6.03 Å². The Balaban J connectivity index is 2.01. The molecule has 2 aromatic carbocycles. The molecular formula is C16H15FN2O2. The summed E-state index contributed by atoms with van der Waals surface area (Å²) in [6.45, 7) is 3.12. The van der Waals surface area contributed by atoms with Gasteiger partial charge < -0.3 is 10.6 Å². The summed E-state index contributed by atoms with van der Waals surface area (Å²) in [5.74, 6) is -0.417. The van der Waals surface area contributed by atoms with Crippen LogP contribution in [0.3, 0.4) is 0 Å². The number of amides is 2. The molecule has 2 amide bonds. The van der Waals surface area contributed by atoms with Crippen molar-refractivity contribution in [1.29, 1.82) is 0 Å². The van der Waals surface area contributed by atoms with Crippen LogP contribution in [0, 0.1) is 12.7 Å². The zero-order valence-electron chi connectivity index (χ0n) is 11.7. The van der Waals surface area contributed by atoms with Crippen molar-refractivity contribution in [1.82, 2.24) is 0 Å². The first-order valence-electron chi connectivity index (χ1n) is 6.41. The molecule has 0 heterocycles. The minimum Gasteiger partial charge on any atom is -0.308 e. The van der Waals surface area contributed by atoms with E-state index in [1.807, 2.05) is 0 Å². The van der Waals surface area contributed by atoms with E-state index in [9.17, 15) is 14.0 Å². The molecule has 0 aliphatic carbocycles. The first-order valence-corrected chi connectivity index (χ1v) is 6.41. The molecule has 0 saturated carbocycles. The molecule has 108 valence electrons. The molecule has 0 bridgehead atoms. The molecule has 0 spiro atoms. The third kappa shape index (κ3) is 3.89. The molecule has 0 aromatic heterocycles. The Labute approximate surface area is 122 Å². The van der Waals surface area contributed by atoms with Gasteiger partial charge in [-0.3, -0.25) is 4.79 Å². The monoisotopic (exact) mass is 286 g/mol. The van der Waals surface area contributed by atoms with Gasteiger partial charge in [-0.1, -0.05) is 6.07 Å². The fourth-order valence-electron chi connectivity index (χ4n) is 1.75. The average Bonchev–Trinajstić information content (AvgIpc) is 2.43. The quantitative estimate of drug-likeness (QED) is 0.838. The molecule has 0 unspecified atom stereocenters. The number of carbonyl (C=O) groups is 2. The number of benzene rings is 2. The number of urea groups is 1. The summed E-state index contributed by atoms with van der Waals surface area (Å²) in [5.41, 5.74) is 2.00. The molecule has 4 nitrogen and oxygen atoms in total. The second-order valence-corrected chi connectivity index (χ2v) is 4.68. The van der Waals surface area contributed by atoms with E-state index in [-0.39, 0.29) is 11.6 Å². The van der Waals surface area contributed by atoms with Crippen LogP contribution in [0.1, 0.15) is 22.8 Å². The summed E-state index contributed by atoms with van der Waals surface area (Å²) in [5, 5.41) is 5.15. The third-order valence-corrected chi connectivity index (χ3v) is 2.98. The number of rotatable bonds is 3. The zero-order valence-corrected chi connectivity index (χ0v) is 11.7. The van der Waals surface area contributed by atoms with Gasteiger partial charge in [0.25, 0.3) is 0 Å². The van der Waals surface area contributed by atoms with Gasteiger partial charge in [-0.05, 0) is 55.8 Å². The van der Waals surface area contributed by atoms with Gasteiger partial charge >= 0.3 is 6.03 Å². The number of hydrogen-bond donors (Lipinski definition) is 2. The molecule has 0 aliphatic rings. The van der Waals surface area contributed by atoms with Crippen LogP contribution in [0.25, 0.3) is 0 Å². The van der Waals surface area contributed by atoms with Gasteiger partial charge in [-0.2, -0.15) is 0 Å². The van der Waals surface area contributed by atoms with E-state index in [0.717, 1.165) is 0 Å². The van der Waals surface area contributed by atoms with Crippen molar-refractivity contribution in [2.45, 2.75) is 13.8 Å². The fourth-order valence-corrected chi connectivity index (χ4v) is 1.75. The molecule has 0 radical (unpaired) electrons. The maximum absolute atomic E-state index is 13.4. The number of carbonyl (C=O) groups excluding carboxylic acids is 2. The van der Waals surface area contributed by atoms with Crippen molar-refractivity contribution in [3.63, 3.8) is 0 Å². The summed E-state index contributed by atoms with van der Waals surface area (Å²) in [7, 11) is 0. The fraction of sp³-hybridized carbons (Fsp3) is 0.125. The SMILES string of the molecule is CC(=O)c1ccc(NC(=O)Nc2ccc(C)c(F)c2)cc1. The molecule has 2 rings (SSSR count). The lowest BCUT2D eigenvalue weighted by molar-refractivity contribution is 0.101. The van der Waals surface area contributed by atoms with Gasteiger partial charge in [-0.25, -0.2) is 9.18 Å². The first kappa shape index (κ1) is 14.7. The number of nitrogens with one attached hydrogen (secondary N) is 2. The number of anilines is 2. The van der Waals surface area contributed by atoms with Crippen molar-refractivity contribution in [2.24, 2.45) is 0 Å². The Morgan fingerprint density at radius 3 is 2.10 bits per heavy atom. The smallest absolute Gasteiger partial charge is 0.308 e. The Bertz CT molecular complexity index is 681. The largest absolute Gasteiger partial charge is 0.323 e. The van der Waals surface area contributed by atoms with Crippen molar-refractivity contribution in [2.75, 3.05) is 10.6 Å². The number of hydrogen-bond acceptors (Lipinski definition) is 2. The molecular weight excluding hydrogens is 271 g/mol. The van der Waals surface area contributed by atoms with Gasteiger partial charge in [-0.15, -0.1) is 0 Å². The van der Waals surface area contributed by atoms with E-state index in [2.05, 4.69) is 10.6 Å². The Kier molecular flexibility index (Phi) is 4.33. The van der Waals surface area contributed by atoms with Crippen LogP contribution in [0.2, 0.25) is 0 Å². The highest BCUT2D eigenvalue weighted by atomic mass is 19.1. The summed E-state index contributed by atoms with van der Waals surface area (Å²) in [4.78, 5) is 22.9. The predicted octanol–water partition coefficient (Wildman–Crippen LogP) is 3.98. The van der Waals surface area contributed by atoms with E-state index in [1.165, 1.54) is 13.0 Å². The van der Waals surface area contributed by atoms with Gasteiger partial charge in [0.2, 0.25) is 0 Å². The van der Waals surface area contributed by atoms with Gasteiger partial charge in [0.15, 0.2) is 5.78 Å². The Morgan fingerprint density at radius 2 is 1.52 bits per heavy atom. The molecule has 0 aliphatic heterocycles. The molecule has 0 fully saturated rings. The van der Waals surface area contributed by atoms with E-state index in [1.54, 1.807) is 43.3 Å². The maximum Gasteiger partial charge on any atom is 0.323 e. The lowest BCUT2D eigenvalue weighted by Gasteiger charge is -2.08. The van der Waals surface area contributed by atoms with Crippen LogP contribution in [-0.2, 0) is 0 Å². The summed E-state index contributed by atoms with van der Waals surface area (Å²) in [6, 6.07) is 10.5. The first-order chi connectivity index (χ1) is 9.95. The van der Waals surface area contributed by atoms with Crippen LogP contribution < -0.4 is 10.6 Å². The normalized spacial score (nSPS) is 10.0. The second-order valence-electron chi connectivity index (χ2n) is 4.68. The number of Topliss-reactive ketones (excluding diaryl/α,β-unsaturated/α-hetero) is 1. The number of aryl methyl sites for hydroxylation is 1. The van der Waals surface area contributed by atoms with Crippen LogP contribution in [0.5, 0.6) is 0 Å². The van der Waals surface area contributed by atoms with E-state index in [4.69, 9.17) is 0 Å². The highest BCUT2D eigenvalue weighted by Crippen LogP contribution is 2.15. The van der Waals surface area contributed by atoms with E-state index >= 15 is 0 Å². The lowest BCUT2D eigenvalue weighted by atomic mass is 10.1. The van der Waals surface area contributed by atoms with Crippen molar-refractivity contribution in [3.05, 3.63) is 59.4 Å². The third-order valence-electron chi connectivity index (χ3n) is 2.98. The van der Waals surface area contributed by atoms with Crippen LogP contribution in [0.4, 0.5) is 20.6 Å². The summed E-state index contributed by atoms with van der Waals surface area (Å²) in [6.07, 6.45) is 0. The van der Waals surface area contributed by atoms with Crippen LogP contribution >= 0.6 is 0 Å². The van der Waals surface area contributed by atoms with Crippen molar-refractivity contribution >= 4 is 23.2 Å². The molecule has 21 heavy (non-hydrogen) atoms. The molecule has 2 N–H and O–H groups in total. The lowest BCUT2D eigenvalue weighted by Crippen LogP contribution is -2.19. The molecule has 0 saturated heterocycles. The van der Waals surface area contributed by atoms with Gasteiger partial charge in [0.1, 0.15) is 5.82 Å². The number of ketones is 1. The number of halogens is 1. The van der Waals surface area contributed by atoms with E-state index in [0.29, 0.717) is 22.5 Å². The summed E-state index contributed by atoms with van der Waals surface area (Å²) < 4.78 is 13.4. The van der Waals surface area contributed by atoms with Crippen molar-refractivity contribution < 1.29 is 14.0 Å². The minimum absolute atomic E-state index is 0.0406. The standard InChI is InChI=1S/C16H15FN2O2/c1-10-3-6-14(9-15(10)17)19-16(21)18-13-7-4-12(5-8-13)11(2)20/h3-9H,1-2H3,(H2,18,19,21). The van der Waals surface area contributed by atoms with Crippen LogP contribution in [0.15, 0.2) is 42.5 Å². The topological polar surface area (TPSA) is 58.2 Å². The zero-order chi connectivity index (χ0) is 15.4. The molecule has 2 aromatic rings. The summed E-state index contributed by atoms with van der Waals surface area (Å²) >= 11 is 0. The average molecular weight is 286 g/mol. The highest BCUT2D eigenvalue weighted by Gasteiger charge is 2.05. The van der Waals surface area contributed by atoms with Gasteiger partial charge in [0.05, 0.1) is 0 Å². The molecule has 5 heteroatoms. The minimum atomic E-state index is -0.478. The Hall–Kier alpha value is -2.69. The predicted molar refractivity (Wildman–Crippen MR) is 80.2 cm³/mol. The van der Waals surface area contributed by atoms with Crippen molar-refractivity contribution in [3.8, 4) is 0 Å². The molecule has 0 atom stereocenters. The Morgan fingerprint density at radius 1 is 0.952 bits per heavy atom. The second kappa shape index (κ2) is 6.17. The van der Waals surface area contributed by atoms with Gasteiger partial charge in [0, 0.05) is 16.9 Å². The highest BCUT2D eigenvalue weighted by molar-refractivity contribution is 6.00. The van der Waals surface area contributed by atoms with Crippen LogP contribution in [-0.4, -0.2) is 11.8 Å². The maximum atomic E-state index is 13.4.